The lowest BCUT2D eigenvalue weighted by molar-refractivity contribution is 0.0690. The number of pyridine rings is 1. The Balaban J connectivity index is 2.16. The second-order valence-corrected chi connectivity index (χ2v) is 3.84. The highest BCUT2D eigenvalue weighted by atomic mass is 35.5. The molecule has 0 radical (unpaired) electrons. The van der Waals surface area contributed by atoms with E-state index in [-0.39, 0.29) is 17.2 Å². The molecule has 3 N–H and O–H groups in total. The Labute approximate surface area is 107 Å². The maximum atomic E-state index is 11.7. The van der Waals surface area contributed by atoms with E-state index in [1.807, 2.05) is 0 Å². The number of nitrogens with zero attached hydrogens (tertiary/aromatic N) is 1. The number of halogens is 1. The zero-order valence-corrected chi connectivity index (χ0v) is 9.73. The minimum Gasteiger partial charge on any atom is -0.477 e. The van der Waals surface area contributed by atoms with E-state index >= 15 is 0 Å². The van der Waals surface area contributed by atoms with E-state index in [2.05, 4.69) is 15.3 Å². The van der Waals surface area contributed by atoms with Gasteiger partial charge in [0.1, 0.15) is 11.5 Å². The fourth-order valence-electron chi connectivity index (χ4n) is 1.31. The molecule has 0 aromatic carbocycles. The minimum absolute atomic E-state index is 0.141. The predicted molar refractivity (Wildman–Crippen MR) is 65.0 cm³/mol. The lowest BCUT2D eigenvalue weighted by Crippen LogP contribution is -2.14. The first-order chi connectivity index (χ1) is 8.56. The van der Waals surface area contributed by atoms with Crippen molar-refractivity contribution in [3.8, 4) is 0 Å². The summed E-state index contributed by atoms with van der Waals surface area (Å²) in [7, 11) is 0. The van der Waals surface area contributed by atoms with Gasteiger partial charge in [-0.2, -0.15) is 0 Å². The topological polar surface area (TPSA) is 95.1 Å². The summed E-state index contributed by atoms with van der Waals surface area (Å²) in [6, 6.07) is 5.78. The number of amides is 1. The molecule has 0 aliphatic rings. The average Bonchev–Trinajstić information content (AvgIpc) is 2.76. The zero-order chi connectivity index (χ0) is 13.1. The number of H-pyrrole nitrogens is 1. The molecule has 6 nitrogen and oxygen atoms in total. The number of carboxylic acid groups (broad SMARTS) is 1. The van der Waals surface area contributed by atoms with Crippen LogP contribution in [0.4, 0.5) is 5.82 Å². The molecule has 18 heavy (non-hydrogen) atoms. The largest absolute Gasteiger partial charge is 0.477 e. The SMILES string of the molecule is O=C(O)c1cccc(NC(=O)c2cc(Cl)c[nH]2)n1. The molecule has 0 spiro atoms. The first-order valence-electron chi connectivity index (χ1n) is 4.92. The van der Waals surface area contributed by atoms with Crippen LogP contribution in [-0.2, 0) is 0 Å². The van der Waals surface area contributed by atoms with Crippen molar-refractivity contribution in [2.45, 2.75) is 0 Å². The Kier molecular flexibility index (Phi) is 3.29. The first-order valence-corrected chi connectivity index (χ1v) is 5.29. The highest BCUT2D eigenvalue weighted by molar-refractivity contribution is 6.31. The van der Waals surface area contributed by atoms with Gasteiger partial charge in [-0.15, -0.1) is 0 Å². The molecule has 0 unspecified atom stereocenters. The van der Waals surface area contributed by atoms with Gasteiger partial charge >= 0.3 is 5.97 Å². The van der Waals surface area contributed by atoms with Crippen LogP contribution in [0.15, 0.2) is 30.5 Å². The molecule has 2 aromatic heterocycles. The summed E-state index contributed by atoms with van der Waals surface area (Å²) in [6.07, 6.45) is 1.47. The average molecular weight is 266 g/mol. The standard InChI is InChI=1S/C11H8ClN3O3/c12-6-4-8(13-5-6)10(16)15-9-3-1-2-7(14-9)11(17)18/h1-5,13H,(H,17,18)(H,14,15,16). The van der Waals surface area contributed by atoms with Gasteiger partial charge in [-0.05, 0) is 18.2 Å². The minimum atomic E-state index is -1.16. The molecule has 0 saturated heterocycles. The number of hydrogen-bond donors (Lipinski definition) is 3. The lowest BCUT2D eigenvalue weighted by atomic mass is 10.3. The Morgan fingerprint density at radius 2 is 2.17 bits per heavy atom. The Morgan fingerprint density at radius 3 is 2.78 bits per heavy atom. The van der Waals surface area contributed by atoms with Crippen LogP contribution in [-0.4, -0.2) is 27.0 Å². The predicted octanol–water partition coefficient (Wildman–Crippen LogP) is 2.01. The van der Waals surface area contributed by atoms with Crippen molar-refractivity contribution in [3.63, 3.8) is 0 Å². The number of carbonyl (C=O) groups is 2. The molecule has 0 aliphatic heterocycles. The summed E-state index contributed by atoms with van der Waals surface area (Å²) in [5, 5.41) is 11.6. The van der Waals surface area contributed by atoms with Crippen LogP contribution in [0.25, 0.3) is 0 Å². The second-order valence-electron chi connectivity index (χ2n) is 3.40. The smallest absolute Gasteiger partial charge is 0.354 e. The third kappa shape index (κ3) is 2.67. The van der Waals surface area contributed by atoms with E-state index in [1.165, 1.54) is 30.5 Å². The van der Waals surface area contributed by atoms with Gasteiger partial charge in [-0.1, -0.05) is 17.7 Å². The molecular weight excluding hydrogens is 258 g/mol. The number of nitrogens with one attached hydrogen (secondary N) is 2. The van der Waals surface area contributed by atoms with Crippen LogP contribution >= 0.6 is 11.6 Å². The van der Waals surface area contributed by atoms with Gasteiger partial charge in [0.25, 0.3) is 5.91 Å². The Bertz CT molecular complexity index is 609. The van der Waals surface area contributed by atoms with E-state index < -0.39 is 11.9 Å². The van der Waals surface area contributed by atoms with Crippen LogP contribution in [0.2, 0.25) is 5.02 Å². The van der Waals surface area contributed by atoms with Gasteiger partial charge in [0, 0.05) is 6.20 Å². The summed E-state index contributed by atoms with van der Waals surface area (Å²) in [5.41, 5.74) is 0.125. The van der Waals surface area contributed by atoms with Crippen molar-refractivity contribution in [2.75, 3.05) is 5.32 Å². The van der Waals surface area contributed by atoms with Gasteiger partial charge in [-0.3, -0.25) is 4.79 Å². The van der Waals surface area contributed by atoms with Crippen LogP contribution in [0.1, 0.15) is 21.0 Å². The third-order valence-corrected chi connectivity index (χ3v) is 2.32. The van der Waals surface area contributed by atoms with Crippen molar-refractivity contribution in [3.05, 3.63) is 46.9 Å². The summed E-state index contributed by atoms with van der Waals surface area (Å²) < 4.78 is 0. The van der Waals surface area contributed by atoms with Crippen molar-refractivity contribution in [1.29, 1.82) is 0 Å². The van der Waals surface area contributed by atoms with E-state index in [4.69, 9.17) is 16.7 Å². The second kappa shape index (κ2) is 4.89. The fraction of sp³-hybridized carbons (Fsp3) is 0. The molecule has 2 heterocycles. The van der Waals surface area contributed by atoms with Crippen LogP contribution < -0.4 is 5.32 Å². The maximum absolute atomic E-state index is 11.7. The maximum Gasteiger partial charge on any atom is 0.354 e. The fourth-order valence-corrected chi connectivity index (χ4v) is 1.47. The number of aromatic carboxylic acids is 1. The summed E-state index contributed by atoms with van der Waals surface area (Å²) >= 11 is 5.67. The number of anilines is 1. The summed E-state index contributed by atoms with van der Waals surface area (Å²) in [5.74, 6) is -1.45. The molecule has 0 atom stereocenters. The highest BCUT2D eigenvalue weighted by Gasteiger charge is 2.10. The third-order valence-electron chi connectivity index (χ3n) is 2.10. The van der Waals surface area contributed by atoms with Crippen LogP contribution in [0, 0.1) is 0 Å². The molecule has 0 aliphatic carbocycles. The molecular formula is C11H8ClN3O3. The molecule has 1 amide bonds. The number of hydrogen-bond acceptors (Lipinski definition) is 3. The normalized spacial score (nSPS) is 10.1. The molecule has 92 valence electrons. The monoisotopic (exact) mass is 265 g/mol. The Hall–Kier alpha value is -2.34. The van der Waals surface area contributed by atoms with Crippen molar-refractivity contribution >= 4 is 29.3 Å². The molecule has 7 heteroatoms. The number of carbonyl (C=O) groups excluding carboxylic acids is 1. The van der Waals surface area contributed by atoms with E-state index in [1.54, 1.807) is 0 Å². The molecule has 0 saturated carbocycles. The number of carboxylic acids is 1. The van der Waals surface area contributed by atoms with Gasteiger partial charge < -0.3 is 15.4 Å². The zero-order valence-electron chi connectivity index (χ0n) is 8.98. The lowest BCUT2D eigenvalue weighted by Gasteiger charge is -2.03. The molecule has 2 aromatic rings. The van der Waals surface area contributed by atoms with Gasteiger partial charge in [0.2, 0.25) is 0 Å². The first kappa shape index (κ1) is 12.1. The Morgan fingerprint density at radius 1 is 1.39 bits per heavy atom. The summed E-state index contributed by atoms with van der Waals surface area (Å²) in [4.78, 5) is 28.9. The van der Waals surface area contributed by atoms with Crippen molar-refractivity contribution in [1.82, 2.24) is 9.97 Å². The van der Waals surface area contributed by atoms with E-state index in [0.717, 1.165) is 0 Å². The van der Waals surface area contributed by atoms with Gasteiger partial charge in [-0.25, -0.2) is 9.78 Å². The molecule has 0 fully saturated rings. The van der Waals surface area contributed by atoms with E-state index in [9.17, 15) is 9.59 Å². The quantitative estimate of drug-likeness (QED) is 0.791. The molecule has 0 bridgehead atoms. The number of aromatic amines is 1. The number of aromatic nitrogens is 2. The van der Waals surface area contributed by atoms with Gasteiger partial charge in [0.05, 0.1) is 5.02 Å². The summed E-state index contributed by atoms with van der Waals surface area (Å²) in [6.45, 7) is 0. The number of rotatable bonds is 3. The van der Waals surface area contributed by atoms with Crippen LogP contribution in [0.5, 0.6) is 0 Å². The highest BCUT2D eigenvalue weighted by Crippen LogP contribution is 2.11. The van der Waals surface area contributed by atoms with Crippen LogP contribution in [0.3, 0.4) is 0 Å². The van der Waals surface area contributed by atoms with Gasteiger partial charge in [0.15, 0.2) is 5.69 Å². The van der Waals surface area contributed by atoms with Crippen molar-refractivity contribution < 1.29 is 14.7 Å². The van der Waals surface area contributed by atoms with E-state index in [0.29, 0.717) is 5.02 Å². The van der Waals surface area contributed by atoms with Crippen molar-refractivity contribution in [2.24, 2.45) is 0 Å². The molecule has 2 rings (SSSR count).